The van der Waals surface area contributed by atoms with E-state index in [0.29, 0.717) is 22.2 Å². The molecule has 25 heavy (non-hydrogen) atoms. The van der Waals surface area contributed by atoms with Crippen LogP contribution in [0.1, 0.15) is 26.0 Å². The van der Waals surface area contributed by atoms with Gasteiger partial charge in [-0.15, -0.1) is 0 Å². The van der Waals surface area contributed by atoms with Gasteiger partial charge in [-0.1, -0.05) is 30.1 Å². The molecule has 10 heteroatoms. The molecule has 0 saturated carbocycles. The summed E-state index contributed by atoms with van der Waals surface area (Å²) in [6.45, 7) is 3.72. The molecule has 5 nitrogen and oxygen atoms in total. The molecule has 0 aliphatic rings. The average Bonchev–Trinajstić information content (AvgIpc) is 2.53. The van der Waals surface area contributed by atoms with Gasteiger partial charge in [-0.25, -0.2) is 4.98 Å². The molecule has 3 N–H and O–H groups in total. The summed E-state index contributed by atoms with van der Waals surface area (Å²) in [6, 6.07) is 5.41. The predicted molar refractivity (Wildman–Crippen MR) is 94.1 cm³/mol. The van der Waals surface area contributed by atoms with E-state index in [9.17, 15) is 13.2 Å². The molecule has 0 aliphatic heterocycles. The number of nitrogens with one attached hydrogen (secondary N) is 3. The molecule has 0 bridgehead atoms. The normalized spacial score (nSPS) is 12.6. The maximum Gasteiger partial charge on any atom is 0.433 e. The van der Waals surface area contributed by atoms with Crippen molar-refractivity contribution in [1.82, 2.24) is 9.97 Å². The van der Waals surface area contributed by atoms with Crippen molar-refractivity contribution in [2.45, 2.75) is 32.5 Å². The Balaban J connectivity index is 2.24. The Hall–Kier alpha value is -1.93. The minimum Gasteiger partial charge on any atom is -0.352 e. The number of anilines is 3. The van der Waals surface area contributed by atoms with E-state index in [1.165, 1.54) is 6.07 Å². The first-order valence-electron chi connectivity index (χ1n) is 7.39. The zero-order chi connectivity index (χ0) is 18.6. The highest BCUT2D eigenvalue weighted by Gasteiger charge is 2.33. The van der Waals surface area contributed by atoms with Crippen LogP contribution in [-0.2, 0) is 6.18 Å². The number of alkyl halides is 3. The summed E-state index contributed by atoms with van der Waals surface area (Å²) in [6.07, 6.45) is -3.88. The second-order valence-electron chi connectivity index (χ2n) is 5.29. The van der Waals surface area contributed by atoms with Crippen molar-refractivity contribution in [3.8, 4) is 0 Å². The van der Waals surface area contributed by atoms with Gasteiger partial charge in [-0.05, 0) is 31.5 Å². The Kier molecular flexibility index (Phi) is 6.18. The van der Waals surface area contributed by atoms with Gasteiger partial charge in [0.1, 0.15) is 0 Å². The van der Waals surface area contributed by atoms with Crippen LogP contribution in [0, 0.1) is 0 Å². The fourth-order valence-electron chi connectivity index (χ4n) is 1.77. The van der Waals surface area contributed by atoms with Crippen LogP contribution < -0.4 is 16.2 Å². The van der Waals surface area contributed by atoms with Crippen LogP contribution in [0.4, 0.5) is 30.6 Å². The lowest BCUT2D eigenvalue weighted by atomic mass is 10.3. The summed E-state index contributed by atoms with van der Waals surface area (Å²) in [7, 11) is 0. The highest BCUT2D eigenvalue weighted by Crippen LogP contribution is 2.30. The van der Waals surface area contributed by atoms with Crippen LogP contribution in [0.25, 0.3) is 0 Å². The molecule has 1 aromatic heterocycles. The maximum atomic E-state index is 13.0. The summed E-state index contributed by atoms with van der Waals surface area (Å²) >= 11 is 11.8. The minimum atomic E-state index is -4.59. The van der Waals surface area contributed by atoms with Gasteiger partial charge in [0.05, 0.1) is 10.7 Å². The first kappa shape index (κ1) is 19.4. The predicted octanol–water partition coefficient (Wildman–Crippen LogP) is 5.45. The molecule has 0 aliphatic carbocycles. The number of hydrazine groups is 1. The standard InChI is InChI=1S/C15H16Cl2F3N5/c1-3-8(2)21-14-22-12(15(18,19)20)7-13(23-14)25-24-11-5-4-9(16)6-10(11)17/h4-8,24H,3H2,1-2H3,(H2,21,22,23,25)/t8-/m0/s1. The van der Waals surface area contributed by atoms with Crippen LogP contribution in [0.15, 0.2) is 24.3 Å². The summed E-state index contributed by atoms with van der Waals surface area (Å²) in [5, 5.41) is 3.58. The lowest BCUT2D eigenvalue weighted by molar-refractivity contribution is -0.141. The number of benzene rings is 1. The van der Waals surface area contributed by atoms with E-state index in [0.717, 1.165) is 6.07 Å². The van der Waals surface area contributed by atoms with E-state index < -0.39 is 11.9 Å². The Morgan fingerprint density at radius 2 is 1.84 bits per heavy atom. The van der Waals surface area contributed by atoms with Crippen LogP contribution in [0.2, 0.25) is 10.0 Å². The van der Waals surface area contributed by atoms with Crippen LogP contribution in [0.3, 0.4) is 0 Å². The number of aromatic nitrogens is 2. The molecule has 0 saturated heterocycles. The molecule has 0 amide bonds. The van der Waals surface area contributed by atoms with E-state index in [-0.39, 0.29) is 17.8 Å². The zero-order valence-corrected chi connectivity index (χ0v) is 14.9. The van der Waals surface area contributed by atoms with E-state index in [1.807, 2.05) is 13.8 Å². The van der Waals surface area contributed by atoms with E-state index in [2.05, 4.69) is 26.1 Å². The third-order valence-electron chi connectivity index (χ3n) is 3.26. The Morgan fingerprint density at radius 1 is 1.12 bits per heavy atom. The van der Waals surface area contributed by atoms with Crippen molar-refractivity contribution < 1.29 is 13.2 Å². The SMILES string of the molecule is CC[C@H](C)Nc1nc(NNc2ccc(Cl)cc2Cl)cc(C(F)(F)F)n1. The van der Waals surface area contributed by atoms with Crippen LogP contribution in [0.5, 0.6) is 0 Å². The van der Waals surface area contributed by atoms with Gasteiger partial charge in [0.15, 0.2) is 11.5 Å². The van der Waals surface area contributed by atoms with Gasteiger partial charge in [0, 0.05) is 17.1 Å². The quantitative estimate of drug-likeness (QED) is 0.569. The summed E-state index contributed by atoms with van der Waals surface area (Å²) < 4.78 is 39.1. The summed E-state index contributed by atoms with van der Waals surface area (Å²) in [4.78, 5) is 7.55. The smallest absolute Gasteiger partial charge is 0.352 e. The number of rotatable bonds is 6. The van der Waals surface area contributed by atoms with E-state index in [4.69, 9.17) is 23.2 Å². The summed E-state index contributed by atoms with van der Waals surface area (Å²) in [5.74, 6) is -0.171. The fraction of sp³-hybridized carbons (Fsp3) is 0.333. The van der Waals surface area contributed by atoms with Crippen molar-refractivity contribution in [1.29, 1.82) is 0 Å². The van der Waals surface area contributed by atoms with Gasteiger partial charge in [-0.3, -0.25) is 10.9 Å². The van der Waals surface area contributed by atoms with Crippen molar-refractivity contribution in [3.05, 3.63) is 40.0 Å². The molecular formula is C15H16Cl2F3N5. The number of halogens is 5. The number of nitrogens with zero attached hydrogens (tertiary/aromatic N) is 2. The molecule has 0 radical (unpaired) electrons. The number of hydrogen-bond donors (Lipinski definition) is 3. The third kappa shape index (κ3) is 5.54. The fourth-order valence-corrected chi connectivity index (χ4v) is 2.22. The Labute approximate surface area is 152 Å². The molecule has 1 atom stereocenters. The highest BCUT2D eigenvalue weighted by atomic mass is 35.5. The largest absolute Gasteiger partial charge is 0.433 e. The summed E-state index contributed by atoms with van der Waals surface area (Å²) in [5.41, 5.74) is 4.68. The molecule has 0 fully saturated rings. The maximum absolute atomic E-state index is 13.0. The minimum absolute atomic E-state index is 0.0563. The van der Waals surface area contributed by atoms with Gasteiger partial charge < -0.3 is 5.32 Å². The molecule has 2 rings (SSSR count). The Bertz CT molecular complexity index is 740. The van der Waals surface area contributed by atoms with Crippen molar-refractivity contribution >= 4 is 40.7 Å². The monoisotopic (exact) mass is 393 g/mol. The third-order valence-corrected chi connectivity index (χ3v) is 3.81. The highest BCUT2D eigenvalue weighted by molar-refractivity contribution is 6.36. The molecule has 0 spiro atoms. The van der Waals surface area contributed by atoms with E-state index >= 15 is 0 Å². The van der Waals surface area contributed by atoms with Gasteiger partial charge in [0.25, 0.3) is 0 Å². The zero-order valence-electron chi connectivity index (χ0n) is 13.4. The number of hydrogen-bond acceptors (Lipinski definition) is 5. The second-order valence-corrected chi connectivity index (χ2v) is 6.13. The Morgan fingerprint density at radius 3 is 2.44 bits per heavy atom. The molecular weight excluding hydrogens is 378 g/mol. The topological polar surface area (TPSA) is 61.9 Å². The van der Waals surface area contributed by atoms with Crippen LogP contribution >= 0.6 is 23.2 Å². The van der Waals surface area contributed by atoms with Crippen molar-refractivity contribution in [3.63, 3.8) is 0 Å². The van der Waals surface area contributed by atoms with Crippen molar-refractivity contribution in [2.24, 2.45) is 0 Å². The molecule has 1 heterocycles. The first-order chi connectivity index (χ1) is 11.7. The van der Waals surface area contributed by atoms with Gasteiger partial charge >= 0.3 is 6.18 Å². The molecule has 136 valence electrons. The first-order valence-corrected chi connectivity index (χ1v) is 8.14. The van der Waals surface area contributed by atoms with Crippen molar-refractivity contribution in [2.75, 3.05) is 16.2 Å². The molecule has 2 aromatic rings. The van der Waals surface area contributed by atoms with Gasteiger partial charge in [0.2, 0.25) is 5.95 Å². The lowest BCUT2D eigenvalue weighted by Gasteiger charge is -2.16. The van der Waals surface area contributed by atoms with Gasteiger partial charge in [-0.2, -0.15) is 18.2 Å². The molecule has 0 unspecified atom stereocenters. The molecule has 1 aromatic carbocycles. The average molecular weight is 394 g/mol. The lowest BCUT2D eigenvalue weighted by Crippen LogP contribution is -2.20. The van der Waals surface area contributed by atoms with Crippen LogP contribution in [-0.4, -0.2) is 16.0 Å². The second kappa shape index (κ2) is 7.97. The van der Waals surface area contributed by atoms with E-state index in [1.54, 1.807) is 12.1 Å².